The molecule has 3 rings (SSSR count). The predicted molar refractivity (Wildman–Crippen MR) is 97.7 cm³/mol. The lowest BCUT2D eigenvalue weighted by atomic mass is 10.1. The molecule has 1 amide bonds. The molecule has 0 radical (unpaired) electrons. The summed E-state index contributed by atoms with van der Waals surface area (Å²) in [5.74, 6) is 2.59. The summed E-state index contributed by atoms with van der Waals surface area (Å²) in [7, 11) is 3.20. The van der Waals surface area contributed by atoms with Gasteiger partial charge in [0.1, 0.15) is 11.5 Å². The van der Waals surface area contributed by atoms with Gasteiger partial charge in [0.2, 0.25) is 12.7 Å². The molecular formula is C20H21NO5. The molecule has 1 heterocycles. The lowest BCUT2D eigenvalue weighted by Gasteiger charge is -2.17. The highest BCUT2D eigenvalue weighted by atomic mass is 16.7. The monoisotopic (exact) mass is 355 g/mol. The van der Waals surface area contributed by atoms with E-state index < -0.39 is 0 Å². The molecule has 0 aromatic heterocycles. The van der Waals surface area contributed by atoms with Crippen LogP contribution in [0.3, 0.4) is 0 Å². The van der Waals surface area contributed by atoms with E-state index in [1.807, 2.05) is 43.3 Å². The van der Waals surface area contributed by atoms with E-state index in [9.17, 15) is 4.79 Å². The van der Waals surface area contributed by atoms with Crippen molar-refractivity contribution in [2.24, 2.45) is 0 Å². The van der Waals surface area contributed by atoms with Crippen LogP contribution in [0.4, 0.5) is 0 Å². The molecule has 136 valence electrons. The number of ether oxygens (including phenoxy) is 4. The second-order valence-corrected chi connectivity index (χ2v) is 5.78. The Bertz CT molecular complexity index is 831. The third-order valence-electron chi connectivity index (χ3n) is 4.09. The Kier molecular flexibility index (Phi) is 5.31. The first-order valence-electron chi connectivity index (χ1n) is 8.21. The topological polar surface area (TPSA) is 66.0 Å². The number of benzene rings is 2. The zero-order valence-corrected chi connectivity index (χ0v) is 14.9. The highest BCUT2D eigenvalue weighted by molar-refractivity contribution is 5.92. The fourth-order valence-electron chi connectivity index (χ4n) is 2.71. The van der Waals surface area contributed by atoms with Gasteiger partial charge >= 0.3 is 0 Å². The lowest BCUT2D eigenvalue weighted by Crippen LogP contribution is -2.25. The van der Waals surface area contributed by atoms with Gasteiger partial charge in [-0.1, -0.05) is 6.07 Å². The van der Waals surface area contributed by atoms with Gasteiger partial charge in [-0.15, -0.1) is 0 Å². The molecule has 2 aromatic carbocycles. The molecular weight excluding hydrogens is 334 g/mol. The van der Waals surface area contributed by atoms with Gasteiger partial charge in [0, 0.05) is 11.6 Å². The zero-order chi connectivity index (χ0) is 18.5. The standard InChI is InChI=1S/C20H21NO5/c1-13(16-11-15(23-2)6-8-17(16)24-3)21-20(22)9-5-14-4-7-18-19(10-14)26-12-25-18/h4-11,13H,12H2,1-3H3,(H,21,22)/b9-5+. The molecule has 0 spiro atoms. The predicted octanol–water partition coefficient (Wildman–Crippen LogP) is 3.32. The van der Waals surface area contributed by atoms with Crippen molar-refractivity contribution in [2.45, 2.75) is 13.0 Å². The van der Waals surface area contributed by atoms with Crippen molar-refractivity contribution in [3.05, 3.63) is 53.6 Å². The average molecular weight is 355 g/mol. The van der Waals surface area contributed by atoms with Crippen LogP contribution in [0.15, 0.2) is 42.5 Å². The normalized spacial score (nSPS) is 13.5. The third kappa shape index (κ3) is 3.91. The zero-order valence-electron chi connectivity index (χ0n) is 14.9. The van der Waals surface area contributed by atoms with E-state index in [-0.39, 0.29) is 18.7 Å². The molecule has 1 atom stereocenters. The molecule has 1 N–H and O–H groups in total. The number of nitrogens with one attached hydrogen (secondary N) is 1. The van der Waals surface area contributed by atoms with Crippen molar-refractivity contribution in [1.29, 1.82) is 0 Å². The molecule has 0 saturated carbocycles. The van der Waals surface area contributed by atoms with Gasteiger partial charge in [0.25, 0.3) is 0 Å². The number of amides is 1. The number of carbonyl (C=O) groups is 1. The van der Waals surface area contributed by atoms with Gasteiger partial charge in [0.15, 0.2) is 11.5 Å². The first-order chi connectivity index (χ1) is 12.6. The highest BCUT2D eigenvalue weighted by Gasteiger charge is 2.15. The van der Waals surface area contributed by atoms with Crippen LogP contribution in [-0.4, -0.2) is 26.9 Å². The summed E-state index contributed by atoms with van der Waals surface area (Å²) >= 11 is 0. The number of methoxy groups -OCH3 is 2. The number of carbonyl (C=O) groups excluding carboxylic acids is 1. The van der Waals surface area contributed by atoms with E-state index in [1.165, 1.54) is 6.08 Å². The van der Waals surface area contributed by atoms with Crippen LogP contribution in [0.25, 0.3) is 6.08 Å². The van der Waals surface area contributed by atoms with Crippen molar-refractivity contribution in [3.63, 3.8) is 0 Å². The van der Waals surface area contributed by atoms with Crippen LogP contribution >= 0.6 is 0 Å². The van der Waals surface area contributed by atoms with Crippen LogP contribution < -0.4 is 24.3 Å². The van der Waals surface area contributed by atoms with Gasteiger partial charge in [-0.3, -0.25) is 4.79 Å². The van der Waals surface area contributed by atoms with Crippen LogP contribution in [0.5, 0.6) is 23.0 Å². The summed E-state index contributed by atoms with van der Waals surface area (Å²) in [6.45, 7) is 2.12. The molecule has 0 fully saturated rings. The van der Waals surface area contributed by atoms with Gasteiger partial charge in [-0.25, -0.2) is 0 Å². The van der Waals surface area contributed by atoms with Gasteiger partial charge in [-0.05, 0) is 48.9 Å². The maximum absolute atomic E-state index is 12.3. The molecule has 6 nitrogen and oxygen atoms in total. The average Bonchev–Trinajstić information content (AvgIpc) is 3.13. The SMILES string of the molecule is COc1ccc(OC)c(C(C)NC(=O)/C=C/c2ccc3c(c2)OCO3)c1. The number of rotatable bonds is 6. The van der Waals surface area contributed by atoms with Gasteiger partial charge in [0.05, 0.1) is 20.3 Å². The largest absolute Gasteiger partial charge is 0.497 e. The Morgan fingerprint density at radius 2 is 1.92 bits per heavy atom. The molecule has 26 heavy (non-hydrogen) atoms. The second-order valence-electron chi connectivity index (χ2n) is 5.78. The quantitative estimate of drug-likeness (QED) is 0.805. The van der Waals surface area contributed by atoms with Crippen LogP contribution in [0.2, 0.25) is 0 Å². The van der Waals surface area contributed by atoms with E-state index >= 15 is 0 Å². The summed E-state index contributed by atoms with van der Waals surface area (Å²) in [6, 6.07) is 10.8. The Morgan fingerprint density at radius 1 is 1.12 bits per heavy atom. The van der Waals surface area contributed by atoms with Crippen molar-refractivity contribution in [2.75, 3.05) is 21.0 Å². The van der Waals surface area contributed by atoms with E-state index in [0.29, 0.717) is 23.0 Å². The molecule has 1 unspecified atom stereocenters. The Balaban J connectivity index is 1.68. The van der Waals surface area contributed by atoms with Crippen LogP contribution in [-0.2, 0) is 4.79 Å². The Labute approximate surface area is 152 Å². The smallest absolute Gasteiger partial charge is 0.244 e. The molecule has 1 aliphatic heterocycles. The van der Waals surface area contributed by atoms with Gasteiger partial charge in [-0.2, -0.15) is 0 Å². The fraction of sp³-hybridized carbons (Fsp3) is 0.250. The lowest BCUT2D eigenvalue weighted by molar-refractivity contribution is -0.117. The minimum Gasteiger partial charge on any atom is -0.497 e. The molecule has 6 heteroatoms. The Hall–Kier alpha value is -3.15. The first kappa shape index (κ1) is 17.7. The molecule has 2 aromatic rings. The highest BCUT2D eigenvalue weighted by Crippen LogP contribution is 2.33. The number of hydrogen-bond donors (Lipinski definition) is 1. The second kappa shape index (κ2) is 7.82. The summed E-state index contributed by atoms with van der Waals surface area (Å²) in [5, 5.41) is 2.93. The number of hydrogen-bond acceptors (Lipinski definition) is 5. The van der Waals surface area contributed by atoms with Crippen molar-refractivity contribution >= 4 is 12.0 Å². The fourth-order valence-corrected chi connectivity index (χ4v) is 2.71. The van der Waals surface area contributed by atoms with E-state index in [4.69, 9.17) is 18.9 Å². The third-order valence-corrected chi connectivity index (χ3v) is 4.09. The molecule has 0 aliphatic carbocycles. The van der Waals surface area contributed by atoms with E-state index in [2.05, 4.69) is 5.32 Å². The van der Waals surface area contributed by atoms with Crippen LogP contribution in [0.1, 0.15) is 24.1 Å². The van der Waals surface area contributed by atoms with Crippen LogP contribution in [0, 0.1) is 0 Å². The minimum atomic E-state index is -0.242. The number of fused-ring (bicyclic) bond motifs is 1. The minimum absolute atomic E-state index is 0.208. The Morgan fingerprint density at radius 3 is 2.69 bits per heavy atom. The summed E-state index contributed by atoms with van der Waals surface area (Å²) in [6.07, 6.45) is 3.22. The summed E-state index contributed by atoms with van der Waals surface area (Å²) in [5.41, 5.74) is 1.70. The molecule has 0 bridgehead atoms. The first-order valence-corrected chi connectivity index (χ1v) is 8.21. The van der Waals surface area contributed by atoms with Crippen molar-refractivity contribution < 1.29 is 23.7 Å². The van der Waals surface area contributed by atoms with Crippen molar-refractivity contribution in [3.8, 4) is 23.0 Å². The molecule has 0 saturated heterocycles. The van der Waals surface area contributed by atoms with E-state index in [1.54, 1.807) is 20.3 Å². The maximum atomic E-state index is 12.3. The van der Waals surface area contributed by atoms with E-state index in [0.717, 1.165) is 11.1 Å². The summed E-state index contributed by atoms with van der Waals surface area (Å²) in [4.78, 5) is 12.3. The summed E-state index contributed by atoms with van der Waals surface area (Å²) < 4.78 is 21.2. The van der Waals surface area contributed by atoms with Gasteiger partial charge < -0.3 is 24.3 Å². The maximum Gasteiger partial charge on any atom is 0.244 e. The molecule has 1 aliphatic rings. The van der Waals surface area contributed by atoms with Crippen molar-refractivity contribution in [1.82, 2.24) is 5.32 Å².